The predicted octanol–water partition coefficient (Wildman–Crippen LogP) is 5.88. The third-order valence-corrected chi connectivity index (χ3v) is 6.05. The fourth-order valence-electron chi connectivity index (χ4n) is 4.19. The summed E-state index contributed by atoms with van der Waals surface area (Å²) in [6, 6.07) is 17.6. The van der Waals surface area contributed by atoms with Gasteiger partial charge in [0.2, 0.25) is 0 Å². The Kier molecular flexibility index (Phi) is 5.02. The van der Waals surface area contributed by atoms with Gasteiger partial charge in [0.1, 0.15) is 0 Å². The van der Waals surface area contributed by atoms with E-state index >= 15 is 0 Å². The van der Waals surface area contributed by atoms with Crippen LogP contribution in [0.4, 0.5) is 0 Å². The first-order valence-corrected chi connectivity index (χ1v) is 9.89. The highest BCUT2D eigenvalue weighted by atomic mass is 35.5. The number of carbonyl (C=O) groups excluding carboxylic acids is 1. The Bertz CT molecular complexity index is 1060. The van der Waals surface area contributed by atoms with Gasteiger partial charge in [-0.1, -0.05) is 59.6 Å². The molecule has 140 valence electrons. The van der Waals surface area contributed by atoms with Crippen LogP contribution in [0.2, 0.25) is 10.0 Å². The summed E-state index contributed by atoms with van der Waals surface area (Å²) in [5.41, 5.74) is 4.71. The molecule has 2 atom stereocenters. The molecule has 5 heteroatoms. The third kappa shape index (κ3) is 3.24. The van der Waals surface area contributed by atoms with E-state index in [1.54, 1.807) is 12.1 Å². The second-order valence-corrected chi connectivity index (χ2v) is 8.05. The number of allylic oxidation sites excluding steroid dienone is 4. The van der Waals surface area contributed by atoms with Crippen molar-refractivity contribution in [1.82, 2.24) is 5.32 Å². The average molecular weight is 409 g/mol. The van der Waals surface area contributed by atoms with Crippen molar-refractivity contribution in [2.45, 2.75) is 31.6 Å². The monoisotopic (exact) mass is 408 g/mol. The van der Waals surface area contributed by atoms with E-state index in [0.29, 0.717) is 27.6 Å². The normalized spacial score (nSPS) is 21.9. The molecule has 0 aromatic heterocycles. The van der Waals surface area contributed by atoms with Crippen LogP contribution in [0.1, 0.15) is 42.7 Å². The van der Waals surface area contributed by atoms with E-state index in [4.69, 9.17) is 23.2 Å². The van der Waals surface area contributed by atoms with Gasteiger partial charge >= 0.3 is 0 Å². The maximum atomic E-state index is 13.2. The van der Waals surface area contributed by atoms with Crippen molar-refractivity contribution in [3.63, 3.8) is 0 Å². The van der Waals surface area contributed by atoms with Crippen LogP contribution in [-0.4, -0.2) is 5.78 Å². The van der Waals surface area contributed by atoms with Gasteiger partial charge in [-0.2, -0.15) is 5.26 Å². The fraction of sp³-hybridized carbons (Fsp3) is 0.217. The second-order valence-electron chi connectivity index (χ2n) is 7.21. The molecule has 4 rings (SSSR count). The summed E-state index contributed by atoms with van der Waals surface area (Å²) in [4.78, 5) is 13.2. The van der Waals surface area contributed by atoms with Gasteiger partial charge in [0.15, 0.2) is 5.78 Å². The summed E-state index contributed by atoms with van der Waals surface area (Å²) in [5, 5.41) is 14.1. The SMILES string of the molecule is CC1=C(C#N)C(c2ccc(Cl)cc2Cl)C2=C(CC(c3ccccc3)CC2=O)N1. The number of halogens is 2. The van der Waals surface area contributed by atoms with Crippen LogP contribution in [0, 0.1) is 11.3 Å². The molecule has 2 aliphatic rings. The number of benzene rings is 2. The first kappa shape index (κ1) is 18.8. The van der Waals surface area contributed by atoms with Gasteiger partial charge in [-0.05, 0) is 42.5 Å². The molecule has 0 saturated carbocycles. The Morgan fingerprint density at radius 1 is 1.11 bits per heavy atom. The van der Waals surface area contributed by atoms with Gasteiger partial charge in [0.25, 0.3) is 0 Å². The number of rotatable bonds is 2. The largest absolute Gasteiger partial charge is 0.361 e. The minimum absolute atomic E-state index is 0.0545. The van der Waals surface area contributed by atoms with Crippen molar-refractivity contribution < 1.29 is 4.79 Å². The van der Waals surface area contributed by atoms with Crippen molar-refractivity contribution in [2.24, 2.45) is 0 Å². The maximum Gasteiger partial charge on any atom is 0.162 e. The zero-order valence-electron chi connectivity index (χ0n) is 15.3. The molecule has 2 aromatic rings. The fourth-order valence-corrected chi connectivity index (χ4v) is 4.71. The van der Waals surface area contributed by atoms with Crippen LogP contribution >= 0.6 is 23.2 Å². The van der Waals surface area contributed by atoms with E-state index < -0.39 is 5.92 Å². The van der Waals surface area contributed by atoms with Gasteiger partial charge in [0, 0.05) is 33.4 Å². The number of nitriles is 1. The minimum atomic E-state index is -0.463. The second kappa shape index (κ2) is 7.47. The van der Waals surface area contributed by atoms with Gasteiger partial charge in [-0.15, -0.1) is 0 Å². The first-order valence-electron chi connectivity index (χ1n) is 9.13. The van der Waals surface area contributed by atoms with Gasteiger partial charge < -0.3 is 5.32 Å². The summed E-state index contributed by atoms with van der Waals surface area (Å²) in [7, 11) is 0. The van der Waals surface area contributed by atoms with Crippen LogP contribution in [0.5, 0.6) is 0 Å². The van der Waals surface area contributed by atoms with Gasteiger partial charge in [-0.25, -0.2) is 0 Å². The van der Waals surface area contributed by atoms with Crippen LogP contribution < -0.4 is 5.32 Å². The van der Waals surface area contributed by atoms with Crippen molar-refractivity contribution in [3.8, 4) is 6.07 Å². The smallest absolute Gasteiger partial charge is 0.162 e. The summed E-state index contributed by atoms with van der Waals surface area (Å²) in [6.07, 6.45) is 1.15. The molecule has 1 N–H and O–H groups in total. The number of ketones is 1. The van der Waals surface area contributed by atoms with Gasteiger partial charge in [0.05, 0.1) is 17.6 Å². The third-order valence-electron chi connectivity index (χ3n) is 5.49. The Morgan fingerprint density at radius 3 is 2.54 bits per heavy atom. The molecule has 2 aromatic carbocycles. The van der Waals surface area contributed by atoms with Crippen LogP contribution in [0.15, 0.2) is 71.1 Å². The minimum Gasteiger partial charge on any atom is -0.361 e. The summed E-state index contributed by atoms with van der Waals surface area (Å²) < 4.78 is 0. The number of dihydropyridines is 1. The van der Waals surface area contributed by atoms with E-state index in [1.165, 1.54) is 0 Å². The Balaban J connectivity index is 1.82. The molecule has 1 heterocycles. The highest BCUT2D eigenvalue weighted by Gasteiger charge is 2.39. The summed E-state index contributed by atoms with van der Waals surface area (Å²) in [5.74, 6) is -0.285. The van der Waals surface area contributed by atoms with E-state index in [0.717, 1.165) is 28.9 Å². The standard InChI is InChI=1S/C23H18Cl2N2O/c1-13-18(12-26)22(17-8-7-16(24)11-19(17)25)23-20(27-13)9-15(10-21(23)28)14-5-3-2-4-6-14/h2-8,11,15,22,27H,9-10H2,1H3. The number of hydrogen-bond acceptors (Lipinski definition) is 3. The molecule has 28 heavy (non-hydrogen) atoms. The van der Waals surface area contributed by atoms with Crippen molar-refractivity contribution in [3.05, 3.63) is 92.2 Å². The van der Waals surface area contributed by atoms with E-state index in [1.807, 2.05) is 31.2 Å². The molecule has 0 fully saturated rings. The highest BCUT2D eigenvalue weighted by Crippen LogP contribution is 2.46. The van der Waals surface area contributed by atoms with Crippen molar-refractivity contribution in [2.75, 3.05) is 0 Å². The molecule has 0 radical (unpaired) electrons. The number of hydrogen-bond donors (Lipinski definition) is 1. The lowest BCUT2D eigenvalue weighted by atomic mass is 9.72. The first-order chi connectivity index (χ1) is 13.5. The van der Waals surface area contributed by atoms with Crippen LogP contribution in [-0.2, 0) is 4.79 Å². The lowest BCUT2D eigenvalue weighted by Crippen LogP contribution is -2.33. The quantitative estimate of drug-likeness (QED) is 0.674. The zero-order chi connectivity index (χ0) is 19.8. The van der Waals surface area contributed by atoms with Gasteiger partial charge in [-0.3, -0.25) is 4.79 Å². The Labute approximate surface area is 174 Å². The number of carbonyl (C=O) groups is 1. The summed E-state index contributed by atoms with van der Waals surface area (Å²) in [6.45, 7) is 1.87. The maximum absolute atomic E-state index is 13.2. The Hall–Kier alpha value is -2.54. The molecular formula is C23H18Cl2N2O. The van der Waals surface area contributed by atoms with E-state index in [-0.39, 0.29) is 11.7 Å². The molecule has 3 nitrogen and oxygen atoms in total. The molecule has 1 aliphatic heterocycles. The number of Topliss-reactive ketones (excluding diaryl/α,β-unsaturated/α-hetero) is 1. The molecular weight excluding hydrogens is 391 g/mol. The topological polar surface area (TPSA) is 52.9 Å². The van der Waals surface area contributed by atoms with Crippen molar-refractivity contribution in [1.29, 1.82) is 5.26 Å². The molecule has 0 saturated heterocycles. The van der Waals surface area contributed by atoms with Crippen LogP contribution in [0.25, 0.3) is 0 Å². The lowest BCUT2D eigenvalue weighted by Gasteiger charge is -2.36. The molecule has 0 amide bonds. The molecule has 0 spiro atoms. The van der Waals surface area contributed by atoms with Crippen molar-refractivity contribution >= 4 is 29.0 Å². The molecule has 0 bridgehead atoms. The molecule has 2 unspecified atom stereocenters. The average Bonchev–Trinajstić information content (AvgIpc) is 2.67. The molecule has 1 aliphatic carbocycles. The van der Waals surface area contributed by atoms with E-state index in [9.17, 15) is 10.1 Å². The predicted molar refractivity (Wildman–Crippen MR) is 111 cm³/mol. The number of nitrogens with zero attached hydrogens (tertiary/aromatic N) is 1. The highest BCUT2D eigenvalue weighted by molar-refractivity contribution is 6.35. The Morgan fingerprint density at radius 2 is 1.86 bits per heavy atom. The van der Waals surface area contributed by atoms with Crippen LogP contribution in [0.3, 0.4) is 0 Å². The number of nitrogens with one attached hydrogen (secondary N) is 1. The lowest BCUT2D eigenvalue weighted by molar-refractivity contribution is -0.116. The zero-order valence-corrected chi connectivity index (χ0v) is 16.8. The van der Waals surface area contributed by atoms with E-state index in [2.05, 4.69) is 23.5 Å². The summed E-state index contributed by atoms with van der Waals surface area (Å²) >= 11 is 12.5.